The van der Waals surface area contributed by atoms with Gasteiger partial charge in [0.25, 0.3) is 0 Å². The summed E-state index contributed by atoms with van der Waals surface area (Å²) in [5, 5.41) is 15.1. The molecule has 0 aliphatic rings. The molecule has 0 aliphatic heterocycles. The number of hydrogen-bond acceptors (Lipinski definition) is 6. The fourth-order valence-electron chi connectivity index (χ4n) is 3.60. The van der Waals surface area contributed by atoms with Crippen LogP contribution < -0.4 is 16.0 Å². The number of benzene rings is 2. The molecule has 1 unspecified atom stereocenters. The summed E-state index contributed by atoms with van der Waals surface area (Å²) in [6.45, 7) is 5.65. The second kappa shape index (κ2) is 9.03. The molecule has 0 saturated heterocycles. The van der Waals surface area contributed by atoms with Gasteiger partial charge in [0.15, 0.2) is 0 Å². The predicted molar refractivity (Wildman–Crippen MR) is 131 cm³/mol. The molecule has 4 rings (SSSR count). The number of aromatic nitrogens is 3. The maximum atomic E-state index is 13.8. The summed E-state index contributed by atoms with van der Waals surface area (Å²) in [6, 6.07) is 15.4. The molecule has 170 valence electrons. The summed E-state index contributed by atoms with van der Waals surface area (Å²) in [5.41, 5.74) is 8.73. The highest BCUT2D eigenvalue weighted by molar-refractivity contribution is 7.08. The van der Waals surface area contributed by atoms with Crippen LogP contribution in [0.15, 0.2) is 65.4 Å². The Morgan fingerprint density at radius 3 is 2.52 bits per heavy atom. The van der Waals surface area contributed by atoms with Gasteiger partial charge in [-0.2, -0.15) is 11.3 Å². The van der Waals surface area contributed by atoms with Crippen LogP contribution in [0.3, 0.4) is 0 Å². The zero-order valence-corrected chi connectivity index (χ0v) is 19.5. The van der Waals surface area contributed by atoms with Gasteiger partial charge in [0.1, 0.15) is 18.1 Å². The second-order valence-electron chi connectivity index (χ2n) is 8.79. The van der Waals surface area contributed by atoms with E-state index in [9.17, 15) is 9.59 Å². The molecule has 8 nitrogen and oxygen atoms in total. The number of hydrogen-bond donors (Lipinski definition) is 2. The van der Waals surface area contributed by atoms with Crippen molar-refractivity contribution in [1.82, 2.24) is 20.3 Å². The highest BCUT2D eigenvalue weighted by Crippen LogP contribution is 2.31. The van der Waals surface area contributed by atoms with Crippen LogP contribution in [0.4, 0.5) is 11.4 Å². The van der Waals surface area contributed by atoms with Crippen molar-refractivity contribution < 1.29 is 9.59 Å². The number of nitrogens with two attached hydrogens (primary N) is 1. The minimum Gasteiger partial charge on any atom is -0.399 e. The molecule has 2 amide bonds. The minimum absolute atomic E-state index is 0.0751. The third-order valence-corrected chi connectivity index (χ3v) is 5.71. The van der Waals surface area contributed by atoms with Gasteiger partial charge in [-0.15, -0.1) is 5.10 Å². The number of nitrogen functional groups attached to an aromatic ring is 1. The van der Waals surface area contributed by atoms with E-state index in [1.165, 1.54) is 16.2 Å². The van der Waals surface area contributed by atoms with Crippen molar-refractivity contribution >= 4 is 45.6 Å². The van der Waals surface area contributed by atoms with Crippen molar-refractivity contribution in [3.05, 3.63) is 70.9 Å². The zero-order chi connectivity index (χ0) is 23.6. The molecule has 0 saturated carbocycles. The van der Waals surface area contributed by atoms with E-state index < -0.39 is 11.6 Å². The van der Waals surface area contributed by atoms with Crippen molar-refractivity contribution in [2.45, 2.75) is 38.9 Å². The number of carbonyl (C=O) groups excluding carboxylic acids is 2. The Kier molecular flexibility index (Phi) is 6.15. The third kappa shape index (κ3) is 5.04. The molecule has 0 aliphatic carbocycles. The topological polar surface area (TPSA) is 106 Å². The van der Waals surface area contributed by atoms with E-state index in [0.717, 1.165) is 11.1 Å². The van der Waals surface area contributed by atoms with E-state index >= 15 is 0 Å². The average Bonchev–Trinajstić information content (AvgIpc) is 3.42. The molecule has 2 aromatic carbocycles. The summed E-state index contributed by atoms with van der Waals surface area (Å²) in [7, 11) is 0. The van der Waals surface area contributed by atoms with Crippen molar-refractivity contribution in [3.8, 4) is 0 Å². The molecular weight excluding hydrogens is 436 g/mol. The molecule has 2 heterocycles. The van der Waals surface area contributed by atoms with Crippen LogP contribution in [-0.4, -0.2) is 32.3 Å². The molecule has 0 spiro atoms. The van der Waals surface area contributed by atoms with Crippen LogP contribution in [0, 0.1) is 0 Å². The maximum absolute atomic E-state index is 13.8. The minimum atomic E-state index is -0.860. The van der Waals surface area contributed by atoms with E-state index in [1.54, 1.807) is 28.9 Å². The number of thiophene rings is 1. The van der Waals surface area contributed by atoms with Gasteiger partial charge in [-0.1, -0.05) is 17.3 Å². The smallest absolute Gasteiger partial charge is 0.249 e. The van der Waals surface area contributed by atoms with Gasteiger partial charge in [-0.25, -0.2) is 4.68 Å². The van der Waals surface area contributed by atoms with Gasteiger partial charge in [0.2, 0.25) is 11.8 Å². The number of nitrogens with one attached hydrogen (secondary N) is 1. The Balaban J connectivity index is 1.77. The first-order valence-corrected chi connectivity index (χ1v) is 11.5. The first kappa shape index (κ1) is 22.5. The zero-order valence-electron chi connectivity index (χ0n) is 18.7. The van der Waals surface area contributed by atoms with Gasteiger partial charge in [0, 0.05) is 16.9 Å². The quantitative estimate of drug-likeness (QED) is 0.424. The first-order valence-electron chi connectivity index (χ1n) is 10.5. The lowest BCUT2D eigenvalue weighted by Gasteiger charge is -2.33. The lowest BCUT2D eigenvalue weighted by molar-refractivity contribution is -0.128. The Labute approximate surface area is 196 Å². The van der Waals surface area contributed by atoms with E-state index in [4.69, 9.17) is 5.73 Å². The van der Waals surface area contributed by atoms with Crippen LogP contribution in [0.5, 0.6) is 0 Å². The van der Waals surface area contributed by atoms with Crippen molar-refractivity contribution in [3.63, 3.8) is 0 Å². The monoisotopic (exact) mass is 462 g/mol. The number of rotatable bonds is 6. The standard InChI is InChI=1S/C24H26N6O2S/c1-24(2,3)26-23(32)22(16-12-13-33-15-16)30(18-10-8-17(25)9-11-18)21(31)14-29-20-7-5-4-6-19(20)27-28-29/h4-13,15,22H,14,25H2,1-3H3,(H,26,32). The lowest BCUT2D eigenvalue weighted by Crippen LogP contribution is -2.50. The molecule has 33 heavy (non-hydrogen) atoms. The third-order valence-electron chi connectivity index (χ3n) is 5.01. The van der Waals surface area contributed by atoms with Crippen LogP contribution in [-0.2, 0) is 16.1 Å². The molecule has 9 heteroatoms. The molecule has 0 radical (unpaired) electrons. The average molecular weight is 463 g/mol. The maximum Gasteiger partial charge on any atom is 0.249 e. The summed E-state index contributed by atoms with van der Waals surface area (Å²) >= 11 is 1.47. The Hall–Kier alpha value is -3.72. The van der Waals surface area contributed by atoms with Crippen LogP contribution in [0.2, 0.25) is 0 Å². The molecule has 4 aromatic rings. The Morgan fingerprint density at radius 2 is 1.85 bits per heavy atom. The van der Waals surface area contributed by atoms with Gasteiger partial charge in [-0.3, -0.25) is 14.5 Å². The summed E-state index contributed by atoms with van der Waals surface area (Å²) in [4.78, 5) is 28.8. The fraction of sp³-hybridized carbons (Fsp3) is 0.250. The van der Waals surface area contributed by atoms with E-state index in [1.807, 2.05) is 61.9 Å². The number of anilines is 2. The first-order chi connectivity index (χ1) is 15.7. The van der Waals surface area contributed by atoms with Crippen molar-refractivity contribution in [1.29, 1.82) is 0 Å². The summed E-state index contributed by atoms with van der Waals surface area (Å²) in [6.07, 6.45) is 0. The van der Waals surface area contributed by atoms with Crippen molar-refractivity contribution in [2.75, 3.05) is 10.6 Å². The summed E-state index contributed by atoms with van der Waals surface area (Å²) in [5.74, 6) is -0.565. The van der Waals surface area contributed by atoms with Crippen LogP contribution >= 0.6 is 11.3 Å². The lowest BCUT2D eigenvalue weighted by atomic mass is 10.0. The molecule has 0 bridgehead atoms. The number of amides is 2. The number of para-hydroxylation sites is 1. The molecule has 1 atom stereocenters. The normalized spacial score (nSPS) is 12.5. The van der Waals surface area contributed by atoms with E-state index in [-0.39, 0.29) is 18.4 Å². The van der Waals surface area contributed by atoms with E-state index in [0.29, 0.717) is 16.9 Å². The number of carbonyl (C=O) groups is 2. The largest absolute Gasteiger partial charge is 0.399 e. The molecule has 0 fully saturated rings. The number of fused-ring (bicyclic) bond motifs is 1. The Bertz CT molecular complexity index is 1260. The highest BCUT2D eigenvalue weighted by Gasteiger charge is 2.35. The molecule has 2 aromatic heterocycles. The van der Waals surface area contributed by atoms with Crippen LogP contribution in [0.1, 0.15) is 32.4 Å². The van der Waals surface area contributed by atoms with Gasteiger partial charge in [0.05, 0.1) is 5.52 Å². The van der Waals surface area contributed by atoms with Gasteiger partial charge >= 0.3 is 0 Å². The number of nitrogens with zero attached hydrogens (tertiary/aromatic N) is 4. The van der Waals surface area contributed by atoms with Gasteiger partial charge in [-0.05, 0) is 79.6 Å². The molecular formula is C24H26N6O2S. The highest BCUT2D eigenvalue weighted by atomic mass is 32.1. The fourth-order valence-corrected chi connectivity index (χ4v) is 4.28. The van der Waals surface area contributed by atoms with Crippen molar-refractivity contribution in [2.24, 2.45) is 0 Å². The van der Waals surface area contributed by atoms with Crippen LogP contribution in [0.25, 0.3) is 11.0 Å². The van der Waals surface area contributed by atoms with E-state index in [2.05, 4.69) is 15.6 Å². The van der Waals surface area contributed by atoms with Gasteiger partial charge < -0.3 is 11.1 Å². The molecule has 3 N–H and O–H groups in total. The second-order valence-corrected chi connectivity index (χ2v) is 9.57. The summed E-state index contributed by atoms with van der Waals surface area (Å²) < 4.78 is 1.55. The predicted octanol–water partition coefficient (Wildman–Crippen LogP) is 3.76. The Morgan fingerprint density at radius 1 is 1.12 bits per heavy atom. The SMILES string of the molecule is CC(C)(C)NC(=O)C(c1ccsc1)N(C(=O)Cn1nnc2ccccc21)c1ccc(N)cc1.